The Bertz CT molecular complexity index is 438. The average Bonchev–Trinajstić information content (AvgIpc) is 2.30. The van der Waals surface area contributed by atoms with Crippen molar-refractivity contribution in [3.63, 3.8) is 0 Å². The van der Waals surface area contributed by atoms with E-state index in [1.54, 1.807) is 0 Å². The second kappa shape index (κ2) is 5.79. The van der Waals surface area contributed by atoms with Crippen molar-refractivity contribution in [3.8, 4) is 0 Å². The Morgan fingerprint density at radius 3 is 2.83 bits per heavy atom. The van der Waals surface area contributed by atoms with E-state index in [2.05, 4.69) is 55.3 Å². The number of nitrogens with one attached hydrogen (secondary N) is 1. The van der Waals surface area contributed by atoms with Gasteiger partial charge in [0.2, 0.25) is 0 Å². The van der Waals surface area contributed by atoms with Gasteiger partial charge >= 0.3 is 0 Å². The zero-order valence-corrected chi connectivity index (χ0v) is 12.3. The molecule has 98 valence electrons. The second-order valence-electron chi connectivity index (χ2n) is 5.47. The summed E-state index contributed by atoms with van der Waals surface area (Å²) in [6.45, 7) is 7.52. The fraction of sp³-hybridized carbons (Fsp3) is 0.533. The molecule has 3 heteroatoms. The van der Waals surface area contributed by atoms with Crippen molar-refractivity contribution in [2.45, 2.75) is 39.2 Å². The van der Waals surface area contributed by atoms with Crippen LogP contribution in [0.3, 0.4) is 0 Å². The number of hydrogen-bond donors (Lipinski definition) is 1. The summed E-state index contributed by atoms with van der Waals surface area (Å²) < 4.78 is 0. The maximum absolute atomic E-state index is 4.68. The highest BCUT2D eigenvalue weighted by molar-refractivity contribution is 8.13. The molecule has 0 unspecified atom stereocenters. The highest BCUT2D eigenvalue weighted by Gasteiger charge is 2.23. The molecule has 0 atom stereocenters. The number of nitrogens with zero attached hydrogens (tertiary/aromatic N) is 1. The van der Waals surface area contributed by atoms with Crippen LogP contribution in [0, 0.1) is 6.92 Å². The fourth-order valence-electron chi connectivity index (χ4n) is 2.04. The quantitative estimate of drug-likeness (QED) is 0.903. The van der Waals surface area contributed by atoms with Crippen molar-refractivity contribution in [2.75, 3.05) is 12.3 Å². The Labute approximate surface area is 114 Å². The molecule has 1 aliphatic rings. The van der Waals surface area contributed by atoms with Gasteiger partial charge in [-0.2, -0.15) is 0 Å². The van der Waals surface area contributed by atoms with Gasteiger partial charge in [-0.3, -0.25) is 4.99 Å². The molecule has 0 saturated carbocycles. The van der Waals surface area contributed by atoms with Crippen molar-refractivity contribution >= 4 is 16.9 Å². The van der Waals surface area contributed by atoms with E-state index >= 15 is 0 Å². The van der Waals surface area contributed by atoms with E-state index < -0.39 is 0 Å². The Morgan fingerprint density at radius 1 is 1.33 bits per heavy atom. The Balaban J connectivity index is 1.90. The first-order valence-corrected chi connectivity index (χ1v) is 7.55. The molecular formula is C15H22N2S. The van der Waals surface area contributed by atoms with Crippen molar-refractivity contribution in [2.24, 2.45) is 4.99 Å². The van der Waals surface area contributed by atoms with Gasteiger partial charge in [-0.05, 0) is 44.7 Å². The molecule has 0 radical (unpaired) electrons. The van der Waals surface area contributed by atoms with E-state index in [9.17, 15) is 0 Å². The summed E-state index contributed by atoms with van der Waals surface area (Å²) in [6, 6.07) is 8.55. The van der Waals surface area contributed by atoms with E-state index in [-0.39, 0.29) is 5.54 Å². The van der Waals surface area contributed by atoms with E-state index in [0.717, 1.165) is 18.1 Å². The van der Waals surface area contributed by atoms with E-state index in [1.807, 2.05) is 11.8 Å². The summed E-state index contributed by atoms with van der Waals surface area (Å²) in [5.74, 6) is 1.17. The average molecular weight is 262 g/mol. The first-order valence-electron chi connectivity index (χ1n) is 6.57. The van der Waals surface area contributed by atoms with Crippen LogP contribution in [0.1, 0.15) is 31.4 Å². The van der Waals surface area contributed by atoms with Crippen LogP contribution in [0.2, 0.25) is 0 Å². The van der Waals surface area contributed by atoms with Gasteiger partial charge < -0.3 is 5.32 Å². The molecule has 2 rings (SSSR count). The number of aliphatic imine (C=N–C) groups is 1. The van der Waals surface area contributed by atoms with Gasteiger partial charge in [0, 0.05) is 17.8 Å². The zero-order chi connectivity index (χ0) is 13.0. The van der Waals surface area contributed by atoms with Crippen LogP contribution < -0.4 is 5.32 Å². The summed E-state index contributed by atoms with van der Waals surface area (Å²) in [5.41, 5.74) is 2.97. The number of thioether (sulfide) groups is 1. The van der Waals surface area contributed by atoms with Gasteiger partial charge in [0.25, 0.3) is 0 Å². The first kappa shape index (κ1) is 13.5. The standard InChI is InChI=1S/C15H22N2S/c1-12-6-4-5-7-13(12)8-10-16-14-17-15(2,3)9-11-18-14/h4-7H,8-11H2,1-3H3,(H,16,17). The first-order chi connectivity index (χ1) is 8.57. The van der Waals surface area contributed by atoms with Crippen LogP contribution in [-0.2, 0) is 6.42 Å². The van der Waals surface area contributed by atoms with Crippen LogP contribution in [0.15, 0.2) is 29.3 Å². The van der Waals surface area contributed by atoms with Gasteiger partial charge in [0.05, 0.1) is 0 Å². The third kappa shape index (κ3) is 3.77. The summed E-state index contributed by atoms with van der Waals surface area (Å²) in [4.78, 5) is 4.68. The summed E-state index contributed by atoms with van der Waals surface area (Å²) in [5, 5.41) is 4.62. The van der Waals surface area contributed by atoms with Gasteiger partial charge in [0.1, 0.15) is 0 Å². The molecule has 1 N–H and O–H groups in total. The number of benzene rings is 1. The minimum atomic E-state index is 0.201. The molecule has 1 saturated heterocycles. The highest BCUT2D eigenvalue weighted by Crippen LogP contribution is 2.21. The predicted molar refractivity (Wildman–Crippen MR) is 81.5 cm³/mol. The maximum atomic E-state index is 4.68. The molecule has 18 heavy (non-hydrogen) atoms. The lowest BCUT2D eigenvalue weighted by Gasteiger charge is -2.32. The van der Waals surface area contributed by atoms with E-state index in [0.29, 0.717) is 0 Å². The Kier molecular flexibility index (Phi) is 4.33. The summed E-state index contributed by atoms with van der Waals surface area (Å²) >= 11 is 1.84. The normalized spacial score (nSPS) is 20.7. The maximum Gasteiger partial charge on any atom is 0.156 e. The highest BCUT2D eigenvalue weighted by atomic mass is 32.2. The molecule has 1 fully saturated rings. The Morgan fingerprint density at radius 2 is 2.11 bits per heavy atom. The monoisotopic (exact) mass is 262 g/mol. The molecular weight excluding hydrogens is 240 g/mol. The zero-order valence-electron chi connectivity index (χ0n) is 11.5. The molecule has 1 aromatic carbocycles. The largest absolute Gasteiger partial charge is 0.360 e. The molecule has 0 bridgehead atoms. The smallest absolute Gasteiger partial charge is 0.156 e. The van der Waals surface area contributed by atoms with Crippen LogP contribution in [0.4, 0.5) is 0 Å². The van der Waals surface area contributed by atoms with Crippen molar-refractivity contribution in [1.29, 1.82) is 0 Å². The SMILES string of the molecule is Cc1ccccc1CCN=C1NC(C)(C)CCS1. The molecule has 0 aliphatic carbocycles. The lowest BCUT2D eigenvalue weighted by atomic mass is 10.0. The molecule has 0 amide bonds. The number of amidine groups is 1. The van der Waals surface area contributed by atoms with Gasteiger partial charge in [-0.1, -0.05) is 36.0 Å². The third-order valence-corrected chi connectivity index (χ3v) is 4.22. The topological polar surface area (TPSA) is 24.4 Å². The lowest BCUT2D eigenvalue weighted by molar-refractivity contribution is 0.446. The molecule has 1 aliphatic heterocycles. The summed E-state index contributed by atoms with van der Waals surface area (Å²) in [7, 11) is 0. The van der Waals surface area contributed by atoms with E-state index in [4.69, 9.17) is 0 Å². The van der Waals surface area contributed by atoms with Crippen LogP contribution in [0.5, 0.6) is 0 Å². The van der Waals surface area contributed by atoms with Gasteiger partial charge in [-0.25, -0.2) is 0 Å². The molecule has 1 aromatic rings. The Hall–Kier alpha value is -0.960. The van der Waals surface area contributed by atoms with E-state index in [1.165, 1.54) is 23.3 Å². The lowest BCUT2D eigenvalue weighted by Crippen LogP contribution is -2.46. The fourth-order valence-corrected chi connectivity index (χ4v) is 3.38. The minimum absolute atomic E-state index is 0.201. The van der Waals surface area contributed by atoms with Crippen molar-refractivity contribution in [3.05, 3.63) is 35.4 Å². The number of rotatable bonds is 3. The predicted octanol–water partition coefficient (Wildman–Crippen LogP) is 3.40. The van der Waals surface area contributed by atoms with Crippen molar-refractivity contribution in [1.82, 2.24) is 5.32 Å². The van der Waals surface area contributed by atoms with Gasteiger partial charge in [-0.15, -0.1) is 0 Å². The molecule has 1 heterocycles. The van der Waals surface area contributed by atoms with Crippen LogP contribution >= 0.6 is 11.8 Å². The second-order valence-corrected chi connectivity index (χ2v) is 6.55. The molecule has 0 spiro atoms. The molecule has 0 aromatic heterocycles. The number of aryl methyl sites for hydroxylation is 1. The molecule has 2 nitrogen and oxygen atoms in total. The van der Waals surface area contributed by atoms with Crippen LogP contribution in [0.25, 0.3) is 0 Å². The van der Waals surface area contributed by atoms with Crippen molar-refractivity contribution < 1.29 is 0 Å². The van der Waals surface area contributed by atoms with Crippen LogP contribution in [-0.4, -0.2) is 23.0 Å². The minimum Gasteiger partial charge on any atom is -0.360 e. The third-order valence-electron chi connectivity index (χ3n) is 3.31. The number of hydrogen-bond acceptors (Lipinski definition) is 2. The summed E-state index contributed by atoms with van der Waals surface area (Å²) in [6.07, 6.45) is 2.23. The van der Waals surface area contributed by atoms with Gasteiger partial charge in [0.15, 0.2) is 5.17 Å².